The Morgan fingerprint density at radius 3 is 2.71 bits per heavy atom. The second-order valence-corrected chi connectivity index (χ2v) is 6.47. The molecule has 9 heteroatoms. The Kier molecular flexibility index (Phi) is 7.35. The highest BCUT2D eigenvalue weighted by Crippen LogP contribution is 2.26. The van der Waals surface area contributed by atoms with Crippen molar-refractivity contribution in [2.75, 3.05) is 18.4 Å². The number of fused-ring (bicyclic) bond motifs is 1. The monoisotopic (exact) mass is 428 g/mol. The largest absolute Gasteiger partial charge is 0.338 e. The molecule has 1 fully saturated rings. The van der Waals surface area contributed by atoms with Gasteiger partial charge in [0.15, 0.2) is 0 Å². The second-order valence-electron chi connectivity index (χ2n) is 6.47. The van der Waals surface area contributed by atoms with Crippen molar-refractivity contribution in [1.82, 2.24) is 15.3 Å². The van der Waals surface area contributed by atoms with E-state index >= 15 is 0 Å². The summed E-state index contributed by atoms with van der Waals surface area (Å²) in [6.45, 7) is 1.63. The summed E-state index contributed by atoms with van der Waals surface area (Å²) in [6, 6.07) is 8.48. The Labute approximate surface area is 173 Å². The maximum absolute atomic E-state index is 14.0. The van der Waals surface area contributed by atoms with Gasteiger partial charge in [0.1, 0.15) is 17.5 Å². The van der Waals surface area contributed by atoms with E-state index in [1.807, 2.05) is 0 Å². The number of nitrogens with one attached hydrogen (secondary N) is 3. The second kappa shape index (κ2) is 9.32. The van der Waals surface area contributed by atoms with Crippen LogP contribution in [0.4, 0.5) is 14.5 Å². The van der Waals surface area contributed by atoms with E-state index in [1.165, 1.54) is 0 Å². The molecule has 0 saturated carbocycles. The number of hydrogen-bond acceptors (Lipinski definition) is 3. The fraction of sp³-hybridized carbons (Fsp3) is 0.263. The first-order valence-corrected chi connectivity index (χ1v) is 8.57. The van der Waals surface area contributed by atoms with Gasteiger partial charge in [-0.2, -0.15) is 0 Å². The van der Waals surface area contributed by atoms with Crippen LogP contribution in [0, 0.1) is 17.6 Å². The number of aromatic amines is 1. The third-order valence-electron chi connectivity index (χ3n) is 4.60. The van der Waals surface area contributed by atoms with Crippen molar-refractivity contribution in [2.24, 2.45) is 5.92 Å². The fourth-order valence-electron chi connectivity index (χ4n) is 3.21. The molecule has 5 nitrogen and oxygen atoms in total. The Morgan fingerprint density at radius 2 is 1.96 bits per heavy atom. The average molecular weight is 429 g/mol. The number of amides is 1. The van der Waals surface area contributed by atoms with Crippen molar-refractivity contribution >= 4 is 47.4 Å². The number of halogens is 4. The summed E-state index contributed by atoms with van der Waals surface area (Å²) < 4.78 is 27.4. The Balaban J connectivity index is 0.00000140. The topological polar surface area (TPSA) is 69.8 Å². The van der Waals surface area contributed by atoms with Crippen molar-refractivity contribution in [3.63, 3.8) is 0 Å². The summed E-state index contributed by atoms with van der Waals surface area (Å²) in [5, 5.41) is 6.13. The van der Waals surface area contributed by atoms with E-state index in [4.69, 9.17) is 0 Å². The molecule has 1 amide bonds. The number of carbonyl (C=O) groups is 1. The number of anilines is 1. The van der Waals surface area contributed by atoms with Gasteiger partial charge >= 0.3 is 0 Å². The Morgan fingerprint density at radius 1 is 1.14 bits per heavy atom. The lowest BCUT2D eigenvalue weighted by Crippen LogP contribution is -2.37. The van der Waals surface area contributed by atoms with Gasteiger partial charge in [0.05, 0.1) is 22.5 Å². The molecule has 1 atom stereocenters. The minimum Gasteiger partial charge on any atom is -0.338 e. The number of rotatable bonds is 3. The molecule has 4 rings (SSSR count). The van der Waals surface area contributed by atoms with Crippen LogP contribution in [0.5, 0.6) is 0 Å². The SMILES string of the molecule is Cl.Cl.O=C(Nc1ccc2nc(-c3cc(F)ccc3F)[nH]c2c1)C1CCCNC1. The van der Waals surface area contributed by atoms with Crippen molar-refractivity contribution in [1.29, 1.82) is 0 Å². The van der Waals surface area contributed by atoms with Crippen LogP contribution in [0.3, 0.4) is 0 Å². The molecule has 3 aromatic rings. The van der Waals surface area contributed by atoms with E-state index in [-0.39, 0.29) is 48.0 Å². The maximum Gasteiger partial charge on any atom is 0.228 e. The van der Waals surface area contributed by atoms with E-state index < -0.39 is 11.6 Å². The van der Waals surface area contributed by atoms with Gasteiger partial charge in [-0.3, -0.25) is 4.79 Å². The lowest BCUT2D eigenvalue weighted by molar-refractivity contribution is -0.120. The zero-order valence-electron chi connectivity index (χ0n) is 14.8. The van der Waals surface area contributed by atoms with Crippen molar-refractivity contribution < 1.29 is 13.6 Å². The molecule has 150 valence electrons. The molecule has 1 aliphatic heterocycles. The Hall–Kier alpha value is -2.22. The standard InChI is InChI=1S/C19H18F2N4O.2ClH/c20-12-3-5-15(21)14(8-12)18-24-16-6-4-13(9-17(16)25-18)23-19(26)11-2-1-7-22-10-11;;/h3-6,8-9,11,22H,1-2,7,10H2,(H,23,26)(H,24,25);2*1H. The maximum atomic E-state index is 14.0. The van der Waals surface area contributed by atoms with Gasteiger partial charge in [0.25, 0.3) is 0 Å². The van der Waals surface area contributed by atoms with E-state index in [9.17, 15) is 13.6 Å². The first-order chi connectivity index (χ1) is 12.6. The van der Waals surface area contributed by atoms with Crippen LogP contribution >= 0.6 is 24.8 Å². The van der Waals surface area contributed by atoms with Crippen LogP contribution in [-0.4, -0.2) is 29.0 Å². The predicted octanol–water partition coefficient (Wildman–Crippen LogP) is 4.29. The molecule has 28 heavy (non-hydrogen) atoms. The number of aromatic nitrogens is 2. The lowest BCUT2D eigenvalue weighted by atomic mass is 9.99. The Bertz CT molecular complexity index is 974. The van der Waals surface area contributed by atoms with Gasteiger partial charge in [-0.1, -0.05) is 0 Å². The zero-order valence-corrected chi connectivity index (χ0v) is 16.4. The molecule has 1 saturated heterocycles. The van der Waals surface area contributed by atoms with Crippen LogP contribution < -0.4 is 10.6 Å². The molecule has 0 bridgehead atoms. The van der Waals surface area contributed by atoms with Crippen molar-refractivity contribution in [3.8, 4) is 11.4 Å². The normalized spacial score (nSPS) is 16.1. The molecule has 0 aliphatic carbocycles. The number of imidazole rings is 1. The summed E-state index contributed by atoms with van der Waals surface area (Å²) in [7, 11) is 0. The highest BCUT2D eigenvalue weighted by molar-refractivity contribution is 5.95. The van der Waals surface area contributed by atoms with Crippen LogP contribution in [0.15, 0.2) is 36.4 Å². The zero-order chi connectivity index (χ0) is 18.1. The van der Waals surface area contributed by atoms with Crippen LogP contribution in [-0.2, 0) is 4.79 Å². The predicted molar refractivity (Wildman–Crippen MR) is 110 cm³/mol. The molecule has 2 heterocycles. The lowest BCUT2D eigenvalue weighted by Gasteiger charge is -2.21. The molecule has 0 spiro atoms. The molecule has 2 aromatic carbocycles. The van der Waals surface area contributed by atoms with Crippen molar-refractivity contribution in [2.45, 2.75) is 12.8 Å². The quantitative estimate of drug-likeness (QED) is 0.582. The number of carbonyl (C=O) groups excluding carboxylic acids is 1. The third kappa shape index (κ3) is 4.60. The van der Waals surface area contributed by atoms with Gasteiger partial charge in [0, 0.05) is 12.2 Å². The molecule has 0 radical (unpaired) electrons. The first kappa shape index (κ1) is 22.1. The smallest absolute Gasteiger partial charge is 0.228 e. The summed E-state index contributed by atoms with van der Waals surface area (Å²) in [4.78, 5) is 19.6. The number of hydrogen-bond donors (Lipinski definition) is 3. The van der Waals surface area contributed by atoms with E-state index in [2.05, 4.69) is 20.6 Å². The van der Waals surface area contributed by atoms with E-state index in [1.54, 1.807) is 18.2 Å². The van der Waals surface area contributed by atoms with Crippen LogP contribution in [0.1, 0.15) is 12.8 Å². The molecular weight excluding hydrogens is 409 g/mol. The van der Waals surface area contributed by atoms with Gasteiger partial charge in [-0.15, -0.1) is 24.8 Å². The summed E-state index contributed by atoms with van der Waals surface area (Å²) >= 11 is 0. The number of benzene rings is 2. The molecule has 1 unspecified atom stereocenters. The van der Waals surface area contributed by atoms with Gasteiger partial charge in [-0.05, 0) is 55.8 Å². The highest BCUT2D eigenvalue weighted by Gasteiger charge is 2.21. The summed E-state index contributed by atoms with van der Waals surface area (Å²) in [6.07, 6.45) is 1.86. The minimum absolute atomic E-state index is 0. The molecular formula is C19H20Cl2F2N4O. The number of piperidine rings is 1. The van der Waals surface area contributed by atoms with Crippen LogP contribution in [0.2, 0.25) is 0 Å². The van der Waals surface area contributed by atoms with E-state index in [0.29, 0.717) is 23.3 Å². The van der Waals surface area contributed by atoms with Crippen LogP contribution in [0.25, 0.3) is 22.4 Å². The van der Waals surface area contributed by atoms with Gasteiger partial charge < -0.3 is 15.6 Å². The van der Waals surface area contributed by atoms with E-state index in [0.717, 1.165) is 37.6 Å². The van der Waals surface area contributed by atoms with Gasteiger partial charge in [-0.25, -0.2) is 13.8 Å². The molecule has 3 N–H and O–H groups in total. The molecule has 1 aliphatic rings. The summed E-state index contributed by atoms with van der Waals surface area (Å²) in [5.41, 5.74) is 1.97. The number of nitrogens with zero attached hydrogens (tertiary/aromatic N) is 1. The fourth-order valence-corrected chi connectivity index (χ4v) is 3.21. The first-order valence-electron chi connectivity index (χ1n) is 8.57. The minimum atomic E-state index is -0.552. The van der Waals surface area contributed by atoms with Gasteiger partial charge in [0.2, 0.25) is 5.91 Å². The van der Waals surface area contributed by atoms with Crippen molar-refractivity contribution in [3.05, 3.63) is 48.0 Å². The third-order valence-corrected chi connectivity index (χ3v) is 4.60. The number of H-pyrrole nitrogens is 1. The average Bonchev–Trinajstić information content (AvgIpc) is 3.07. The summed E-state index contributed by atoms with van der Waals surface area (Å²) in [5.74, 6) is -0.901. The molecule has 1 aromatic heterocycles. The highest BCUT2D eigenvalue weighted by atomic mass is 35.5.